The lowest BCUT2D eigenvalue weighted by atomic mass is 10.1. The van der Waals surface area contributed by atoms with Crippen LogP contribution in [0.3, 0.4) is 0 Å². The Kier molecular flexibility index (Phi) is 3.74. The number of hydrogen-bond donors (Lipinski definition) is 2. The first-order valence-corrected chi connectivity index (χ1v) is 7.81. The van der Waals surface area contributed by atoms with Gasteiger partial charge < -0.3 is 5.32 Å². The molecule has 5 heteroatoms. The molecule has 122 valence electrons. The number of benzene rings is 3. The summed E-state index contributed by atoms with van der Waals surface area (Å²) in [5.41, 5.74) is 3.55. The van der Waals surface area contributed by atoms with Gasteiger partial charge in [-0.2, -0.15) is 5.10 Å². The van der Waals surface area contributed by atoms with Gasteiger partial charge in [0.2, 0.25) is 0 Å². The first-order valence-electron chi connectivity index (χ1n) is 7.81. The summed E-state index contributed by atoms with van der Waals surface area (Å²) in [4.78, 5) is 12.5. The molecule has 0 aliphatic carbocycles. The molecule has 4 nitrogen and oxygen atoms in total. The SMILES string of the molecule is O=C(Nc1ccccc1)c1ccc2[nH]nc(-c3ccc(F)cc3)c2c1. The zero-order valence-corrected chi connectivity index (χ0v) is 13.2. The van der Waals surface area contributed by atoms with Crippen LogP contribution in [0, 0.1) is 5.82 Å². The fraction of sp³-hybridized carbons (Fsp3) is 0. The third-order valence-electron chi connectivity index (χ3n) is 3.97. The molecule has 4 rings (SSSR count). The van der Waals surface area contributed by atoms with Gasteiger partial charge in [0.05, 0.1) is 11.2 Å². The third kappa shape index (κ3) is 2.99. The van der Waals surface area contributed by atoms with Crippen molar-refractivity contribution >= 4 is 22.5 Å². The Bertz CT molecular complexity index is 1040. The third-order valence-corrected chi connectivity index (χ3v) is 3.97. The van der Waals surface area contributed by atoms with E-state index in [0.717, 1.165) is 22.2 Å². The summed E-state index contributed by atoms with van der Waals surface area (Å²) < 4.78 is 13.1. The lowest BCUT2D eigenvalue weighted by Crippen LogP contribution is -2.11. The first kappa shape index (κ1) is 15.1. The van der Waals surface area contributed by atoms with Crippen molar-refractivity contribution in [2.75, 3.05) is 5.32 Å². The normalized spacial score (nSPS) is 10.8. The fourth-order valence-electron chi connectivity index (χ4n) is 2.71. The molecule has 0 spiro atoms. The Morgan fingerprint density at radius 1 is 0.960 bits per heavy atom. The molecule has 0 aliphatic rings. The van der Waals surface area contributed by atoms with Crippen LogP contribution in [0.25, 0.3) is 22.2 Å². The quantitative estimate of drug-likeness (QED) is 0.575. The maximum Gasteiger partial charge on any atom is 0.255 e. The maximum atomic E-state index is 13.1. The Morgan fingerprint density at radius 2 is 1.72 bits per heavy atom. The highest BCUT2D eigenvalue weighted by molar-refractivity contribution is 6.07. The molecule has 1 amide bonds. The summed E-state index contributed by atoms with van der Waals surface area (Å²) in [6.45, 7) is 0. The summed E-state index contributed by atoms with van der Waals surface area (Å²) >= 11 is 0. The second kappa shape index (κ2) is 6.20. The van der Waals surface area contributed by atoms with E-state index in [-0.39, 0.29) is 11.7 Å². The molecule has 0 aliphatic heterocycles. The van der Waals surface area contributed by atoms with Crippen molar-refractivity contribution < 1.29 is 9.18 Å². The van der Waals surface area contributed by atoms with E-state index in [1.165, 1.54) is 12.1 Å². The zero-order valence-electron chi connectivity index (χ0n) is 13.2. The molecular formula is C20H14FN3O. The monoisotopic (exact) mass is 331 g/mol. The van der Waals surface area contributed by atoms with E-state index >= 15 is 0 Å². The average Bonchev–Trinajstić information content (AvgIpc) is 3.06. The molecule has 3 aromatic carbocycles. The van der Waals surface area contributed by atoms with E-state index in [4.69, 9.17) is 0 Å². The number of carbonyl (C=O) groups excluding carboxylic acids is 1. The highest BCUT2D eigenvalue weighted by Crippen LogP contribution is 2.27. The predicted octanol–water partition coefficient (Wildman–Crippen LogP) is 4.62. The largest absolute Gasteiger partial charge is 0.322 e. The van der Waals surface area contributed by atoms with Crippen molar-refractivity contribution in [1.82, 2.24) is 10.2 Å². The zero-order chi connectivity index (χ0) is 17.2. The van der Waals surface area contributed by atoms with Crippen LogP contribution in [0.5, 0.6) is 0 Å². The van der Waals surface area contributed by atoms with Crippen LogP contribution in [0.15, 0.2) is 72.8 Å². The van der Waals surface area contributed by atoms with Gasteiger partial charge in [-0.15, -0.1) is 0 Å². The second-order valence-corrected chi connectivity index (χ2v) is 5.66. The minimum atomic E-state index is -0.300. The molecule has 1 aromatic heterocycles. The van der Waals surface area contributed by atoms with Gasteiger partial charge >= 0.3 is 0 Å². The Morgan fingerprint density at radius 3 is 2.48 bits per heavy atom. The van der Waals surface area contributed by atoms with Gasteiger partial charge in [0.25, 0.3) is 5.91 Å². The summed E-state index contributed by atoms with van der Waals surface area (Å²) in [6.07, 6.45) is 0. The van der Waals surface area contributed by atoms with E-state index in [9.17, 15) is 9.18 Å². The minimum Gasteiger partial charge on any atom is -0.322 e. The van der Waals surface area contributed by atoms with Gasteiger partial charge in [0.15, 0.2) is 0 Å². The van der Waals surface area contributed by atoms with Gasteiger partial charge in [-0.05, 0) is 54.6 Å². The molecule has 0 unspecified atom stereocenters. The van der Waals surface area contributed by atoms with E-state index in [0.29, 0.717) is 11.3 Å². The molecule has 25 heavy (non-hydrogen) atoms. The number of fused-ring (bicyclic) bond motifs is 1. The predicted molar refractivity (Wildman–Crippen MR) is 95.9 cm³/mol. The lowest BCUT2D eigenvalue weighted by Gasteiger charge is -2.05. The van der Waals surface area contributed by atoms with Crippen LogP contribution in [-0.2, 0) is 0 Å². The van der Waals surface area contributed by atoms with E-state index in [1.54, 1.807) is 24.3 Å². The molecular weight excluding hydrogens is 317 g/mol. The number of anilines is 1. The summed E-state index contributed by atoms with van der Waals surface area (Å²) in [6, 6.07) is 20.7. The number of amides is 1. The average molecular weight is 331 g/mol. The molecule has 0 saturated heterocycles. The number of nitrogens with one attached hydrogen (secondary N) is 2. The summed E-state index contributed by atoms with van der Waals surface area (Å²) in [5, 5.41) is 10.9. The molecule has 4 aromatic rings. The molecule has 2 N–H and O–H groups in total. The maximum absolute atomic E-state index is 13.1. The Hall–Kier alpha value is -3.47. The van der Waals surface area contributed by atoms with Crippen LogP contribution in [0.4, 0.5) is 10.1 Å². The molecule has 0 saturated carbocycles. The number of aromatic amines is 1. The van der Waals surface area contributed by atoms with Gasteiger partial charge in [-0.3, -0.25) is 9.89 Å². The number of nitrogens with zero attached hydrogens (tertiary/aromatic N) is 1. The fourth-order valence-corrected chi connectivity index (χ4v) is 2.71. The number of halogens is 1. The molecule has 0 bridgehead atoms. The van der Waals surface area contributed by atoms with E-state index in [1.807, 2.05) is 36.4 Å². The Balaban J connectivity index is 1.71. The molecule has 1 heterocycles. The molecule has 0 atom stereocenters. The van der Waals surface area contributed by atoms with Crippen LogP contribution in [0.1, 0.15) is 10.4 Å². The summed E-state index contributed by atoms with van der Waals surface area (Å²) in [5.74, 6) is -0.495. The van der Waals surface area contributed by atoms with Crippen molar-refractivity contribution in [3.8, 4) is 11.3 Å². The lowest BCUT2D eigenvalue weighted by molar-refractivity contribution is 0.102. The van der Waals surface area contributed by atoms with Crippen LogP contribution in [0.2, 0.25) is 0 Å². The van der Waals surface area contributed by atoms with Crippen molar-refractivity contribution in [3.63, 3.8) is 0 Å². The first-order chi connectivity index (χ1) is 12.2. The Labute approximate surface area is 143 Å². The number of rotatable bonds is 3. The van der Waals surface area contributed by atoms with E-state index < -0.39 is 0 Å². The van der Waals surface area contributed by atoms with Crippen molar-refractivity contribution in [3.05, 3.63) is 84.2 Å². The standard InChI is InChI=1S/C20H14FN3O/c21-15-9-6-13(7-10-15)19-17-12-14(8-11-18(17)23-24-19)20(25)22-16-4-2-1-3-5-16/h1-12H,(H,22,25)(H,23,24). The highest BCUT2D eigenvalue weighted by atomic mass is 19.1. The van der Waals surface area contributed by atoms with Gasteiger partial charge in [0.1, 0.15) is 5.82 Å². The van der Waals surface area contributed by atoms with Crippen molar-refractivity contribution in [2.45, 2.75) is 0 Å². The number of hydrogen-bond acceptors (Lipinski definition) is 2. The topological polar surface area (TPSA) is 57.8 Å². The molecule has 0 fully saturated rings. The number of aromatic nitrogens is 2. The van der Waals surface area contributed by atoms with Gasteiger partial charge in [-0.25, -0.2) is 4.39 Å². The van der Waals surface area contributed by atoms with Crippen molar-refractivity contribution in [2.24, 2.45) is 0 Å². The smallest absolute Gasteiger partial charge is 0.255 e. The number of H-pyrrole nitrogens is 1. The van der Waals surface area contributed by atoms with Gasteiger partial charge in [-0.1, -0.05) is 18.2 Å². The minimum absolute atomic E-state index is 0.195. The highest BCUT2D eigenvalue weighted by Gasteiger charge is 2.12. The second-order valence-electron chi connectivity index (χ2n) is 5.66. The number of carbonyl (C=O) groups is 1. The molecule has 0 radical (unpaired) electrons. The van der Waals surface area contributed by atoms with Crippen molar-refractivity contribution in [1.29, 1.82) is 0 Å². The number of para-hydroxylation sites is 1. The van der Waals surface area contributed by atoms with Crippen LogP contribution in [-0.4, -0.2) is 16.1 Å². The van der Waals surface area contributed by atoms with Crippen LogP contribution < -0.4 is 5.32 Å². The van der Waals surface area contributed by atoms with E-state index in [2.05, 4.69) is 15.5 Å². The van der Waals surface area contributed by atoms with Gasteiger partial charge in [0, 0.05) is 22.2 Å². The summed E-state index contributed by atoms with van der Waals surface area (Å²) in [7, 11) is 0. The van der Waals surface area contributed by atoms with Crippen LogP contribution >= 0.6 is 0 Å².